The highest BCUT2D eigenvalue weighted by atomic mass is 16.5. The van der Waals surface area contributed by atoms with Crippen LogP contribution in [-0.4, -0.2) is 38.0 Å². The molecule has 0 aliphatic carbocycles. The van der Waals surface area contributed by atoms with Crippen LogP contribution >= 0.6 is 0 Å². The van der Waals surface area contributed by atoms with Gasteiger partial charge < -0.3 is 14.7 Å². The van der Waals surface area contributed by atoms with E-state index in [0.29, 0.717) is 19.1 Å². The number of anilines is 1. The lowest BCUT2D eigenvalue weighted by atomic mass is 9.85. The zero-order chi connectivity index (χ0) is 14.2. The molecule has 1 aromatic rings. The molecule has 3 rings (SSSR count). The quantitative estimate of drug-likeness (QED) is 0.916. The number of ether oxygens (including phenoxy) is 1. The summed E-state index contributed by atoms with van der Waals surface area (Å²) in [6.45, 7) is 8.11. The third kappa shape index (κ3) is 2.45. The Morgan fingerprint density at radius 3 is 2.75 bits per heavy atom. The smallest absolute Gasteiger partial charge is 0.0584 e. The number of aliphatic hydroxyl groups excluding tert-OH is 1. The van der Waals surface area contributed by atoms with Crippen molar-refractivity contribution in [1.82, 2.24) is 0 Å². The maximum Gasteiger partial charge on any atom is 0.0584 e. The predicted molar refractivity (Wildman–Crippen MR) is 81.4 cm³/mol. The third-order valence-electron chi connectivity index (χ3n) is 4.66. The zero-order valence-corrected chi connectivity index (χ0v) is 12.6. The van der Waals surface area contributed by atoms with Crippen LogP contribution in [0.5, 0.6) is 0 Å². The van der Waals surface area contributed by atoms with Crippen molar-refractivity contribution in [2.45, 2.75) is 32.6 Å². The van der Waals surface area contributed by atoms with E-state index in [4.69, 9.17) is 4.74 Å². The predicted octanol–water partition coefficient (Wildman–Crippen LogP) is 2.57. The molecule has 1 fully saturated rings. The molecule has 1 saturated heterocycles. The number of rotatable bonds is 4. The number of hydrogen-bond donors (Lipinski definition) is 1. The maximum atomic E-state index is 9.63. The molecule has 0 aromatic heterocycles. The van der Waals surface area contributed by atoms with Gasteiger partial charge in [0.15, 0.2) is 0 Å². The van der Waals surface area contributed by atoms with Crippen molar-refractivity contribution in [3.05, 3.63) is 29.3 Å². The largest absolute Gasteiger partial charge is 0.396 e. The van der Waals surface area contributed by atoms with Crippen LogP contribution < -0.4 is 4.90 Å². The fraction of sp³-hybridized carbons (Fsp3) is 0.647. The highest BCUT2D eigenvalue weighted by Gasteiger charge is 2.40. The summed E-state index contributed by atoms with van der Waals surface area (Å²) in [5.41, 5.74) is 4.22. The minimum atomic E-state index is -0.0364. The zero-order valence-electron chi connectivity index (χ0n) is 12.6. The van der Waals surface area contributed by atoms with Gasteiger partial charge in [0, 0.05) is 18.8 Å². The van der Waals surface area contributed by atoms with E-state index in [2.05, 4.69) is 36.9 Å². The first-order valence-corrected chi connectivity index (χ1v) is 7.70. The fourth-order valence-electron chi connectivity index (χ4n) is 3.25. The average Bonchev–Trinajstić information content (AvgIpc) is 2.42. The number of aliphatic hydroxyl groups is 1. The van der Waals surface area contributed by atoms with E-state index in [0.717, 1.165) is 13.1 Å². The van der Waals surface area contributed by atoms with Gasteiger partial charge in [0.25, 0.3) is 0 Å². The Kier molecular flexibility index (Phi) is 3.74. The van der Waals surface area contributed by atoms with Crippen molar-refractivity contribution < 1.29 is 9.84 Å². The Labute approximate surface area is 121 Å². The number of fused-ring (bicyclic) bond motifs is 1. The summed E-state index contributed by atoms with van der Waals surface area (Å²) in [6, 6.07) is 6.90. The Morgan fingerprint density at radius 2 is 2.15 bits per heavy atom. The van der Waals surface area contributed by atoms with Crippen LogP contribution in [0, 0.1) is 5.41 Å². The van der Waals surface area contributed by atoms with Gasteiger partial charge >= 0.3 is 0 Å². The molecule has 1 N–H and O–H groups in total. The molecular formula is C17H25NO2. The number of nitrogens with zero attached hydrogens (tertiary/aromatic N) is 1. The molecule has 1 aromatic carbocycles. The summed E-state index contributed by atoms with van der Waals surface area (Å²) in [4.78, 5) is 2.45. The molecule has 0 amide bonds. The molecule has 110 valence electrons. The highest BCUT2D eigenvalue weighted by Crippen LogP contribution is 2.35. The lowest BCUT2D eigenvalue weighted by molar-refractivity contribution is -0.131. The summed E-state index contributed by atoms with van der Waals surface area (Å²) in [6.07, 6.45) is 2.38. The van der Waals surface area contributed by atoms with Crippen molar-refractivity contribution in [3.8, 4) is 0 Å². The lowest BCUT2D eigenvalue weighted by Gasteiger charge is -2.45. The van der Waals surface area contributed by atoms with E-state index in [1.165, 1.54) is 29.7 Å². The molecule has 3 heteroatoms. The van der Waals surface area contributed by atoms with Crippen molar-refractivity contribution in [2.24, 2.45) is 5.41 Å². The molecule has 0 unspecified atom stereocenters. The van der Waals surface area contributed by atoms with Crippen LogP contribution in [0.1, 0.15) is 37.3 Å². The summed E-state index contributed by atoms with van der Waals surface area (Å²) < 4.78 is 5.32. The van der Waals surface area contributed by atoms with Gasteiger partial charge in [0.2, 0.25) is 0 Å². The molecule has 0 saturated carbocycles. The topological polar surface area (TPSA) is 32.7 Å². The first kappa shape index (κ1) is 13.9. The Morgan fingerprint density at radius 1 is 1.35 bits per heavy atom. The molecule has 3 nitrogen and oxygen atoms in total. The van der Waals surface area contributed by atoms with E-state index in [1.54, 1.807) is 0 Å². The molecule has 0 atom stereocenters. The summed E-state index contributed by atoms with van der Waals surface area (Å²) in [5, 5.41) is 9.63. The van der Waals surface area contributed by atoms with Gasteiger partial charge in [0.05, 0.1) is 25.2 Å². The van der Waals surface area contributed by atoms with Gasteiger partial charge in [-0.3, -0.25) is 0 Å². The van der Waals surface area contributed by atoms with E-state index >= 15 is 0 Å². The van der Waals surface area contributed by atoms with Gasteiger partial charge in [0.1, 0.15) is 0 Å². The minimum absolute atomic E-state index is 0.0364. The molecular weight excluding hydrogens is 250 g/mol. The van der Waals surface area contributed by atoms with E-state index in [1.807, 2.05) is 0 Å². The van der Waals surface area contributed by atoms with Gasteiger partial charge in [-0.05, 0) is 36.0 Å². The van der Waals surface area contributed by atoms with E-state index in [9.17, 15) is 5.11 Å². The Hall–Kier alpha value is -1.06. The average molecular weight is 275 g/mol. The molecule has 2 aliphatic heterocycles. The SMILES string of the molecule is CC(C)c1ccc2c(c1)CCCN2CC1(CO)COC1. The summed E-state index contributed by atoms with van der Waals surface area (Å²) in [5.74, 6) is 0.583. The number of benzene rings is 1. The second-order valence-corrected chi connectivity index (χ2v) is 6.72. The molecule has 0 bridgehead atoms. The van der Waals surface area contributed by atoms with Crippen LogP contribution in [0.3, 0.4) is 0 Å². The van der Waals surface area contributed by atoms with Gasteiger partial charge in [-0.15, -0.1) is 0 Å². The fourth-order valence-corrected chi connectivity index (χ4v) is 3.25. The highest BCUT2D eigenvalue weighted by molar-refractivity contribution is 5.57. The van der Waals surface area contributed by atoms with Gasteiger partial charge in [-0.1, -0.05) is 26.0 Å². The second kappa shape index (κ2) is 5.38. The van der Waals surface area contributed by atoms with Crippen LogP contribution in [0.15, 0.2) is 18.2 Å². The summed E-state index contributed by atoms with van der Waals surface area (Å²) >= 11 is 0. The van der Waals surface area contributed by atoms with Crippen LogP contribution in [0.25, 0.3) is 0 Å². The first-order chi connectivity index (χ1) is 9.63. The second-order valence-electron chi connectivity index (χ2n) is 6.72. The monoisotopic (exact) mass is 275 g/mol. The van der Waals surface area contributed by atoms with Crippen LogP contribution in [-0.2, 0) is 11.2 Å². The Bertz CT molecular complexity index is 474. The van der Waals surface area contributed by atoms with Crippen molar-refractivity contribution in [3.63, 3.8) is 0 Å². The normalized spacial score (nSPS) is 20.7. The van der Waals surface area contributed by atoms with Gasteiger partial charge in [-0.2, -0.15) is 0 Å². The van der Waals surface area contributed by atoms with E-state index in [-0.39, 0.29) is 12.0 Å². The molecule has 2 aliphatic rings. The molecule has 0 radical (unpaired) electrons. The van der Waals surface area contributed by atoms with Crippen LogP contribution in [0.2, 0.25) is 0 Å². The maximum absolute atomic E-state index is 9.63. The Balaban J connectivity index is 1.83. The van der Waals surface area contributed by atoms with Crippen LogP contribution in [0.4, 0.5) is 5.69 Å². The van der Waals surface area contributed by atoms with Crippen molar-refractivity contribution >= 4 is 5.69 Å². The summed E-state index contributed by atoms with van der Waals surface area (Å²) in [7, 11) is 0. The standard InChI is InChI=1S/C17H25NO2/c1-13(2)14-5-6-16-15(8-14)4-3-7-18(16)9-17(10-19)11-20-12-17/h5-6,8,13,19H,3-4,7,9-12H2,1-2H3. The number of aryl methyl sites for hydroxylation is 1. The molecule has 20 heavy (non-hydrogen) atoms. The van der Waals surface area contributed by atoms with Crippen molar-refractivity contribution in [1.29, 1.82) is 0 Å². The van der Waals surface area contributed by atoms with Crippen molar-refractivity contribution in [2.75, 3.05) is 37.8 Å². The van der Waals surface area contributed by atoms with E-state index < -0.39 is 0 Å². The first-order valence-electron chi connectivity index (χ1n) is 7.70. The lowest BCUT2D eigenvalue weighted by Crippen LogP contribution is -2.54. The minimum Gasteiger partial charge on any atom is -0.396 e. The molecule has 0 spiro atoms. The third-order valence-corrected chi connectivity index (χ3v) is 4.66. The number of hydrogen-bond acceptors (Lipinski definition) is 3. The van der Waals surface area contributed by atoms with Gasteiger partial charge in [-0.25, -0.2) is 0 Å². The molecule has 2 heterocycles.